The van der Waals surface area contributed by atoms with Crippen LogP contribution in [0.2, 0.25) is 5.02 Å². The van der Waals surface area contributed by atoms with Crippen molar-refractivity contribution in [3.8, 4) is 0 Å². The van der Waals surface area contributed by atoms with Gasteiger partial charge in [0.15, 0.2) is 0 Å². The lowest BCUT2D eigenvalue weighted by molar-refractivity contribution is -0.137. The zero-order valence-corrected chi connectivity index (χ0v) is 17.9. The largest absolute Gasteiger partial charge is 0.350 e. The van der Waals surface area contributed by atoms with Crippen molar-refractivity contribution in [2.24, 2.45) is 0 Å². The van der Waals surface area contributed by atoms with Crippen molar-refractivity contribution < 1.29 is 14.0 Å². The quantitative estimate of drug-likeness (QED) is 0.480. The number of hydrogen-bond donors (Lipinski definition) is 1. The summed E-state index contributed by atoms with van der Waals surface area (Å²) in [6, 6.07) is 23.1. The van der Waals surface area contributed by atoms with Crippen molar-refractivity contribution in [2.75, 3.05) is 11.9 Å². The first kappa shape index (κ1) is 21.2. The first-order valence-corrected chi connectivity index (χ1v) is 10.8. The molecule has 4 rings (SSSR count). The summed E-state index contributed by atoms with van der Waals surface area (Å²) >= 11 is 7.10. The van der Waals surface area contributed by atoms with E-state index in [4.69, 9.17) is 11.6 Å². The molecule has 2 amide bonds. The van der Waals surface area contributed by atoms with Crippen LogP contribution in [0.5, 0.6) is 0 Å². The molecule has 4 nitrogen and oxygen atoms in total. The van der Waals surface area contributed by atoms with Gasteiger partial charge in [-0.1, -0.05) is 71.9 Å². The van der Waals surface area contributed by atoms with Crippen LogP contribution in [-0.2, 0) is 16.0 Å². The number of hydrogen-bond acceptors (Lipinski definition) is 4. The lowest BCUT2D eigenvalue weighted by atomic mass is 10.1. The van der Waals surface area contributed by atoms with Gasteiger partial charge in [0.25, 0.3) is 11.8 Å². The highest BCUT2D eigenvalue weighted by Gasteiger charge is 2.38. The summed E-state index contributed by atoms with van der Waals surface area (Å²) in [5.74, 6) is -1.33. The maximum absolute atomic E-state index is 13.5. The van der Waals surface area contributed by atoms with Crippen molar-refractivity contribution in [2.45, 2.75) is 11.3 Å². The van der Waals surface area contributed by atoms with E-state index in [1.54, 1.807) is 0 Å². The summed E-state index contributed by atoms with van der Waals surface area (Å²) < 4.78 is 13.5. The van der Waals surface area contributed by atoms with E-state index in [9.17, 15) is 14.0 Å². The molecule has 7 heteroatoms. The number of carbonyl (C=O) groups is 2. The second kappa shape index (κ2) is 9.37. The summed E-state index contributed by atoms with van der Waals surface area (Å²) in [7, 11) is 0. The Kier molecular flexibility index (Phi) is 6.39. The summed E-state index contributed by atoms with van der Waals surface area (Å²) in [6.45, 7) is 0.260. The summed E-state index contributed by atoms with van der Waals surface area (Å²) in [6.07, 6.45) is 0.553. The van der Waals surface area contributed by atoms with Gasteiger partial charge in [0, 0.05) is 17.1 Å². The highest BCUT2D eigenvalue weighted by atomic mass is 35.5. The van der Waals surface area contributed by atoms with Crippen LogP contribution in [0.4, 0.5) is 10.1 Å². The Morgan fingerprint density at radius 3 is 2.26 bits per heavy atom. The zero-order valence-electron chi connectivity index (χ0n) is 16.3. The number of nitrogens with one attached hydrogen (secondary N) is 1. The van der Waals surface area contributed by atoms with Gasteiger partial charge in [-0.15, -0.1) is 0 Å². The molecular weight excluding hydrogens is 435 g/mol. The molecule has 1 aliphatic heterocycles. The molecule has 1 N–H and O–H groups in total. The number of carbonyl (C=O) groups excluding carboxylic acids is 2. The predicted octanol–water partition coefficient (Wildman–Crippen LogP) is 5.51. The first-order chi connectivity index (χ1) is 15.0. The van der Waals surface area contributed by atoms with Gasteiger partial charge in [-0.05, 0) is 42.3 Å². The molecule has 3 aromatic carbocycles. The Hall–Kier alpha value is -3.09. The monoisotopic (exact) mass is 452 g/mol. The minimum Gasteiger partial charge on any atom is -0.350 e. The summed E-state index contributed by atoms with van der Waals surface area (Å²) in [5, 5.41) is 2.91. The minimum absolute atomic E-state index is 0.0689. The number of amides is 2. The van der Waals surface area contributed by atoms with Gasteiger partial charge in [-0.25, -0.2) is 4.39 Å². The van der Waals surface area contributed by atoms with Crippen molar-refractivity contribution in [3.05, 3.63) is 106 Å². The van der Waals surface area contributed by atoms with E-state index in [0.717, 1.165) is 10.5 Å². The van der Waals surface area contributed by atoms with Crippen LogP contribution < -0.4 is 5.32 Å². The maximum Gasteiger partial charge on any atom is 0.278 e. The number of benzene rings is 3. The van der Waals surface area contributed by atoms with Gasteiger partial charge in [-0.3, -0.25) is 14.5 Å². The van der Waals surface area contributed by atoms with Gasteiger partial charge in [0.2, 0.25) is 0 Å². The number of nitrogens with zero attached hydrogens (tertiary/aromatic N) is 1. The molecule has 0 spiro atoms. The van der Waals surface area contributed by atoms with Crippen LogP contribution in [0.3, 0.4) is 0 Å². The van der Waals surface area contributed by atoms with E-state index in [1.807, 2.05) is 60.7 Å². The molecule has 0 bridgehead atoms. The highest BCUT2D eigenvalue weighted by Crippen LogP contribution is 2.36. The Morgan fingerprint density at radius 1 is 0.903 bits per heavy atom. The molecule has 1 aliphatic rings. The van der Waals surface area contributed by atoms with Gasteiger partial charge < -0.3 is 5.32 Å². The SMILES string of the molecule is O=C1C(Nc2ccc(F)c(Cl)c2)=C(Sc2ccccc2)C(=O)N1CCc1ccccc1. The molecule has 0 radical (unpaired) electrons. The lowest BCUT2D eigenvalue weighted by Crippen LogP contribution is -2.34. The standard InChI is InChI=1S/C24H18ClFN2O2S/c25-19-15-17(11-12-20(19)26)27-21-22(31-18-9-5-2-6-10-18)24(30)28(23(21)29)14-13-16-7-3-1-4-8-16/h1-12,15,27H,13-14H2. The lowest BCUT2D eigenvalue weighted by Gasteiger charge is -2.15. The molecule has 0 unspecified atom stereocenters. The smallest absolute Gasteiger partial charge is 0.278 e. The fraction of sp³-hybridized carbons (Fsp3) is 0.0833. The van der Waals surface area contributed by atoms with E-state index in [-0.39, 0.29) is 23.2 Å². The molecular formula is C24H18ClFN2O2S. The van der Waals surface area contributed by atoms with E-state index >= 15 is 0 Å². The van der Waals surface area contributed by atoms with Crippen LogP contribution in [0, 0.1) is 5.82 Å². The topological polar surface area (TPSA) is 49.4 Å². The van der Waals surface area contributed by atoms with E-state index in [0.29, 0.717) is 17.0 Å². The Morgan fingerprint density at radius 2 is 1.58 bits per heavy atom. The Bertz CT molecular complexity index is 1150. The summed E-state index contributed by atoms with van der Waals surface area (Å²) in [5.41, 5.74) is 1.63. The minimum atomic E-state index is -0.557. The second-order valence-electron chi connectivity index (χ2n) is 6.87. The molecule has 0 saturated carbocycles. The van der Waals surface area contributed by atoms with Crippen LogP contribution >= 0.6 is 23.4 Å². The maximum atomic E-state index is 13.5. The molecule has 31 heavy (non-hydrogen) atoms. The van der Waals surface area contributed by atoms with Gasteiger partial charge in [-0.2, -0.15) is 0 Å². The fourth-order valence-electron chi connectivity index (χ4n) is 3.17. The molecule has 1 heterocycles. The number of anilines is 1. The summed E-state index contributed by atoms with van der Waals surface area (Å²) in [4.78, 5) is 28.7. The Labute approximate surface area is 188 Å². The van der Waals surface area contributed by atoms with Crippen LogP contribution in [0.1, 0.15) is 5.56 Å². The van der Waals surface area contributed by atoms with Gasteiger partial charge in [0.05, 0.1) is 5.02 Å². The molecule has 0 fully saturated rings. The van der Waals surface area contributed by atoms with Crippen LogP contribution in [0.25, 0.3) is 0 Å². The van der Waals surface area contributed by atoms with Gasteiger partial charge in [0.1, 0.15) is 16.4 Å². The molecule has 0 atom stereocenters. The number of thioether (sulfide) groups is 1. The van der Waals surface area contributed by atoms with E-state index < -0.39 is 11.7 Å². The number of rotatable bonds is 7. The third kappa shape index (κ3) is 4.81. The normalized spacial score (nSPS) is 13.8. The van der Waals surface area contributed by atoms with Gasteiger partial charge >= 0.3 is 0 Å². The second-order valence-corrected chi connectivity index (χ2v) is 8.36. The molecule has 0 saturated heterocycles. The van der Waals surface area contributed by atoms with Crippen molar-refractivity contribution in [1.82, 2.24) is 4.90 Å². The van der Waals surface area contributed by atoms with Crippen molar-refractivity contribution >= 4 is 40.9 Å². The first-order valence-electron chi connectivity index (χ1n) is 9.62. The molecule has 156 valence electrons. The van der Waals surface area contributed by atoms with Crippen molar-refractivity contribution in [3.63, 3.8) is 0 Å². The number of halogens is 2. The number of imide groups is 1. The molecule has 0 aliphatic carbocycles. The molecule has 0 aromatic heterocycles. The fourth-order valence-corrected chi connectivity index (χ4v) is 4.32. The average Bonchev–Trinajstić information content (AvgIpc) is 3.00. The van der Waals surface area contributed by atoms with Crippen molar-refractivity contribution in [1.29, 1.82) is 0 Å². The average molecular weight is 453 g/mol. The highest BCUT2D eigenvalue weighted by molar-refractivity contribution is 8.04. The molecule has 3 aromatic rings. The predicted molar refractivity (Wildman–Crippen MR) is 121 cm³/mol. The third-order valence-corrected chi connectivity index (χ3v) is 6.12. The van der Waals surface area contributed by atoms with Crippen LogP contribution in [-0.4, -0.2) is 23.3 Å². The van der Waals surface area contributed by atoms with E-state index in [2.05, 4.69) is 5.32 Å². The van der Waals surface area contributed by atoms with E-state index in [1.165, 1.54) is 34.9 Å². The third-order valence-electron chi connectivity index (χ3n) is 4.74. The Balaban J connectivity index is 1.62. The zero-order chi connectivity index (χ0) is 21.8. The van der Waals surface area contributed by atoms with Crippen LogP contribution in [0.15, 0.2) is 94.4 Å².